The van der Waals surface area contributed by atoms with Gasteiger partial charge in [0.25, 0.3) is 5.91 Å². The number of anilines is 1. The molecule has 3 aromatic rings. The second-order valence-corrected chi connectivity index (χ2v) is 8.27. The van der Waals surface area contributed by atoms with E-state index in [1.165, 1.54) is 35.0 Å². The first-order valence-corrected chi connectivity index (χ1v) is 10.8. The van der Waals surface area contributed by atoms with Crippen molar-refractivity contribution in [3.8, 4) is 11.1 Å². The zero-order chi connectivity index (χ0) is 20.9. The van der Waals surface area contributed by atoms with Gasteiger partial charge in [-0.3, -0.25) is 9.59 Å². The van der Waals surface area contributed by atoms with Crippen molar-refractivity contribution in [1.29, 1.82) is 0 Å². The van der Waals surface area contributed by atoms with Gasteiger partial charge in [-0.1, -0.05) is 42.5 Å². The van der Waals surface area contributed by atoms with Gasteiger partial charge in [-0.2, -0.15) is 0 Å². The number of rotatable bonds is 7. The Bertz CT molecular complexity index is 1050. The van der Waals surface area contributed by atoms with Gasteiger partial charge in [0.05, 0.1) is 6.20 Å². The predicted molar refractivity (Wildman–Crippen MR) is 120 cm³/mol. The number of nitrogens with one attached hydrogen (secondary N) is 2. The van der Waals surface area contributed by atoms with Crippen LogP contribution in [-0.2, 0) is 17.8 Å². The van der Waals surface area contributed by atoms with Gasteiger partial charge in [-0.25, -0.2) is 4.98 Å². The van der Waals surface area contributed by atoms with E-state index in [0.29, 0.717) is 31.1 Å². The quantitative estimate of drug-likeness (QED) is 0.576. The maximum Gasteiger partial charge on any atom is 0.270 e. The van der Waals surface area contributed by atoms with E-state index in [1.807, 2.05) is 35.2 Å². The molecule has 2 aromatic carbocycles. The smallest absolute Gasteiger partial charge is 0.270 e. The van der Waals surface area contributed by atoms with Gasteiger partial charge < -0.3 is 15.5 Å². The molecule has 0 saturated carbocycles. The fraction of sp³-hybridized carbons (Fsp3) is 0.261. The van der Waals surface area contributed by atoms with E-state index in [1.54, 1.807) is 6.20 Å². The van der Waals surface area contributed by atoms with Crippen molar-refractivity contribution in [1.82, 2.24) is 15.6 Å². The molecule has 0 radical (unpaired) electrons. The monoisotopic (exact) mass is 420 g/mol. The highest BCUT2D eigenvalue weighted by Crippen LogP contribution is 2.37. The Labute approximate surface area is 180 Å². The van der Waals surface area contributed by atoms with Crippen LogP contribution in [0.3, 0.4) is 0 Å². The van der Waals surface area contributed by atoms with Crippen LogP contribution in [0.25, 0.3) is 11.1 Å². The van der Waals surface area contributed by atoms with E-state index >= 15 is 0 Å². The highest BCUT2D eigenvalue weighted by molar-refractivity contribution is 7.13. The lowest BCUT2D eigenvalue weighted by Gasteiger charge is -2.17. The molecule has 2 heterocycles. The zero-order valence-corrected chi connectivity index (χ0v) is 17.7. The normalized spacial score (nSPS) is 12.6. The third-order valence-electron chi connectivity index (χ3n) is 5.07. The summed E-state index contributed by atoms with van der Waals surface area (Å²) >= 11 is 1.42. The number of hydrogen-bond acceptors (Lipinski definition) is 5. The van der Waals surface area contributed by atoms with E-state index in [4.69, 9.17) is 0 Å². The summed E-state index contributed by atoms with van der Waals surface area (Å²) in [4.78, 5) is 30.9. The van der Waals surface area contributed by atoms with Crippen molar-refractivity contribution in [2.24, 2.45) is 0 Å². The minimum absolute atomic E-state index is 0.000887. The van der Waals surface area contributed by atoms with Crippen molar-refractivity contribution in [2.45, 2.75) is 19.9 Å². The van der Waals surface area contributed by atoms with Gasteiger partial charge in [-0.15, -0.1) is 11.3 Å². The first kappa shape index (κ1) is 20.3. The van der Waals surface area contributed by atoms with Gasteiger partial charge in [0.1, 0.15) is 9.88 Å². The molecule has 1 aliphatic rings. The molecule has 0 spiro atoms. The van der Waals surface area contributed by atoms with Crippen molar-refractivity contribution in [3.05, 3.63) is 70.2 Å². The predicted octanol–water partition coefficient (Wildman–Crippen LogP) is 3.24. The molecular weight excluding hydrogens is 396 g/mol. The molecule has 0 saturated heterocycles. The first-order valence-electron chi connectivity index (χ1n) is 10.0. The molecule has 1 aromatic heterocycles. The number of thiazole rings is 1. The molecule has 0 bridgehead atoms. The van der Waals surface area contributed by atoms with Crippen molar-refractivity contribution < 1.29 is 9.59 Å². The summed E-state index contributed by atoms with van der Waals surface area (Å²) in [6, 6.07) is 16.5. The number of fused-ring (bicyclic) bond motifs is 1. The Balaban J connectivity index is 1.44. The van der Waals surface area contributed by atoms with Gasteiger partial charge in [0, 0.05) is 38.8 Å². The number of benzene rings is 2. The van der Waals surface area contributed by atoms with Gasteiger partial charge in [0.15, 0.2) is 0 Å². The lowest BCUT2D eigenvalue weighted by molar-refractivity contribution is -0.118. The Morgan fingerprint density at radius 2 is 1.93 bits per heavy atom. The molecule has 2 N–H and O–H groups in total. The van der Waals surface area contributed by atoms with Crippen LogP contribution in [0.2, 0.25) is 0 Å². The average molecular weight is 421 g/mol. The molecule has 7 heteroatoms. The fourth-order valence-electron chi connectivity index (χ4n) is 3.68. The number of carbonyl (C=O) groups is 2. The third kappa shape index (κ3) is 4.42. The standard InChI is InChI=1S/C23H24N4O2S/c1-16(28)25-12-11-24-15-22-26-14-21(30-22)23(29)27-13-10-19-18(8-5-9-20(19)27)17-6-3-2-4-7-17/h2-9,14,24H,10-13,15H2,1H3,(H,25,28). The second-order valence-electron chi connectivity index (χ2n) is 7.15. The maximum atomic E-state index is 13.2. The fourth-order valence-corrected chi connectivity index (χ4v) is 4.52. The highest BCUT2D eigenvalue weighted by Gasteiger charge is 2.28. The largest absolute Gasteiger partial charge is 0.355 e. The Morgan fingerprint density at radius 1 is 1.10 bits per heavy atom. The summed E-state index contributed by atoms with van der Waals surface area (Å²) in [5, 5.41) is 6.83. The number of amides is 2. The van der Waals surface area contributed by atoms with Crippen LogP contribution in [0.5, 0.6) is 0 Å². The van der Waals surface area contributed by atoms with E-state index in [2.05, 4.69) is 33.8 Å². The topological polar surface area (TPSA) is 74.3 Å². The lowest BCUT2D eigenvalue weighted by Crippen LogP contribution is -2.29. The van der Waals surface area contributed by atoms with Crippen molar-refractivity contribution >= 4 is 28.8 Å². The molecule has 0 atom stereocenters. The van der Waals surface area contributed by atoms with Crippen LogP contribution in [0.4, 0.5) is 5.69 Å². The van der Waals surface area contributed by atoms with Crippen LogP contribution in [0, 0.1) is 0 Å². The summed E-state index contributed by atoms with van der Waals surface area (Å²) in [6.07, 6.45) is 2.51. The molecule has 0 aliphatic carbocycles. The summed E-state index contributed by atoms with van der Waals surface area (Å²) < 4.78 is 0. The van der Waals surface area contributed by atoms with Crippen LogP contribution < -0.4 is 15.5 Å². The minimum Gasteiger partial charge on any atom is -0.355 e. The Morgan fingerprint density at radius 3 is 2.73 bits per heavy atom. The average Bonchev–Trinajstić information content (AvgIpc) is 3.40. The second kappa shape index (κ2) is 9.19. The molecule has 6 nitrogen and oxygen atoms in total. The van der Waals surface area contributed by atoms with Crippen molar-refractivity contribution in [3.63, 3.8) is 0 Å². The van der Waals surface area contributed by atoms with Crippen LogP contribution in [-0.4, -0.2) is 36.4 Å². The summed E-state index contributed by atoms with van der Waals surface area (Å²) in [5.41, 5.74) is 4.58. The minimum atomic E-state index is -0.0414. The SMILES string of the molecule is CC(=O)NCCNCc1ncc(C(=O)N2CCc3c(-c4ccccc4)cccc32)s1. The van der Waals surface area contributed by atoms with E-state index in [9.17, 15) is 9.59 Å². The van der Waals surface area contributed by atoms with E-state index < -0.39 is 0 Å². The number of nitrogens with zero attached hydrogens (tertiary/aromatic N) is 2. The highest BCUT2D eigenvalue weighted by atomic mass is 32.1. The van der Waals surface area contributed by atoms with E-state index in [0.717, 1.165) is 17.1 Å². The number of hydrogen-bond donors (Lipinski definition) is 2. The Kier molecular flexibility index (Phi) is 6.21. The molecule has 30 heavy (non-hydrogen) atoms. The van der Waals surface area contributed by atoms with Crippen LogP contribution in [0.1, 0.15) is 27.2 Å². The number of aromatic nitrogens is 1. The molecule has 154 valence electrons. The van der Waals surface area contributed by atoms with Gasteiger partial charge >= 0.3 is 0 Å². The van der Waals surface area contributed by atoms with Crippen LogP contribution >= 0.6 is 11.3 Å². The molecule has 4 rings (SSSR count). The molecular formula is C23H24N4O2S. The molecule has 0 fully saturated rings. The summed E-state index contributed by atoms with van der Waals surface area (Å²) in [7, 11) is 0. The zero-order valence-electron chi connectivity index (χ0n) is 16.9. The third-order valence-corrected chi connectivity index (χ3v) is 6.06. The van der Waals surface area contributed by atoms with Crippen LogP contribution in [0.15, 0.2) is 54.7 Å². The molecule has 2 amide bonds. The van der Waals surface area contributed by atoms with E-state index in [-0.39, 0.29) is 11.8 Å². The Hall–Kier alpha value is -3.03. The lowest BCUT2D eigenvalue weighted by atomic mass is 9.98. The number of carbonyl (C=O) groups excluding carboxylic acids is 2. The van der Waals surface area contributed by atoms with Crippen molar-refractivity contribution in [2.75, 3.05) is 24.5 Å². The summed E-state index contributed by atoms with van der Waals surface area (Å²) in [6.45, 7) is 3.98. The maximum absolute atomic E-state index is 13.2. The molecule has 1 aliphatic heterocycles. The molecule has 0 unspecified atom stereocenters. The first-order chi connectivity index (χ1) is 14.6. The van der Waals surface area contributed by atoms with Gasteiger partial charge in [0.2, 0.25) is 5.91 Å². The summed E-state index contributed by atoms with van der Waals surface area (Å²) in [5.74, 6) is -0.0406. The van der Waals surface area contributed by atoms with Gasteiger partial charge in [-0.05, 0) is 29.2 Å².